The fourth-order valence-electron chi connectivity index (χ4n) is 3.14. The van der Waals surface area contributed by atoms with E-state index >= 15 is 0 Å². The zero-order chi connectivity index (χ0) is 17.1. The summed E-state index contributed by atoms with van der Waals surface area (Å²) in [7, 11) is 0. The van der Waals surface area contributed by atoms with E-state index in [1.807, 2.05) is 30.3 Å². The van der Waals surface area contributed by atoms with Crippen molar-refractivity contribution in [1.29, 1.82) is 0 Å². The van der Waals surface area contributed by atoms with Crippen molar-refractivity contribution < 1.29 is 5.11 Å². The van der Waals surface area contributed by atoms with Crippen LogP contribution in [0.1, 0.15) is 25.7 Å². The molecule has 1 aliphatic carbocycles. The van der Waals surface area contributed by atoms with Crippen molar-refractivity contribution in [1.82, 2.24) is 15.0 Å². The maximum absolute atomic E-state index is 9.12. The predicted octanol–water partition coefficient (Wildman–Crippen LogP) is 3.43. The first-order valence-corrected chi connectivity index (χ1v) is 8.91. The summed E-state index contributed by atoms with van der Waals surface area (Å²) >= 11 is 0. The number of aromatic nitrogens is 3. The molecule has 0 amide bonds. The van der Waals surface area contributed by atoms with Gasteiger partial charge in [-0.2, -0.15) is 0 Å². The summed E-state index contributed by atoms with van der Waals surface area (Å²) in [6.45, 7) is 1.16. The average Bonchev–Trinajstić information content (AvgIpc) is 3.50. The Labute approximate surface area is 147 Å². The standard InChI is InChI=1S/C20H22N4O/c25-13-4-3-12-24(16-9-10-16)20-17-7-1-2-8-18(17)22-19(23-20)15-6-5-11-21-14-15/h1-2,5-8,11,14,16,25H,3-4,9-10,12-13H2. The summed E-state index contributed by atoms with van der Waals surface area (Å²) in [5.74, 6) is 1.72. The summed E-state index contributed by atoms with van der Waals surface area (Å²) in [5.41, 5.74) is 1.89. The van der Waals surface area contributed by atoms with Crippen LogP contribution in [0, 0.1) is 0 Å². The Morgan fingerprint density at radius 3 is 2.68 bits per heavy atom. The minimum atomic E-state index is 0.240. The Kier molecular flexibility index (Phi) is 4.57. The third-order valence-corrected chi connectivity index (χ3v) is 4.57. The third kappa shape index (κ3) is 3.46. The van der Waals surface area contributed by atoms with Crippen molar-refractivity contribution in [3.8, 4) is 11.4 Å². The van der Waals surface area contributed by atoms with Crippen LogP contribution in [0.3, 0.4) is 0 Å². The highest BCUT2D eigenvalue weighted by atomic mass is 16.2. The van der Waals surface area contributed by atoms with Gasteiger partial charge in [0.15, 0.2) is 5.82 Å². The molecule has 3 aromatic rings. The number of rotatable bonds is 7. The van der Waals surface area contributed by atoms with Gasteiger partial charge in [-0.15, -0.1) is 0 Å². The van der Waals surface area contributed by atoms with Crippen molar-refractivity contribution >= 4 is 16.7 Å². The molecule has 0 spiro atoms. The molecule has 1 aromatic carbocycles. The second-order valence-corrected chi connectivity index (χ2v) is 6.48. The van der Waals surface area contributed by atoms with Crippen LogP contribution in [-0.2, 0) is 0 Å². The van der Waals surface area contributed by atoms with Crippen LogP contribution < -0.4 is 4.90 Å². The van der Waals surface area contributed by atoms with Gasteiger partial charge in [-0.1, -0.05) is 12.1 Å². The number of benzene rings is 1. The normalized spacial score (nSPS) is 14.0. The molecule has 1 N–H and O–H groups in total. The topological polar surface area (TPSA) is 62.1 Å². The van der Waals surface area contributed by atoms with Gasteiger partial charge in [0, 0.05) is 42.5 Å². The molecule has 0 bridgehead atoms. The first kappa shape index (κ1) is 16.0. The molecule has 1 saturated carbocycles. The van der Waals surface area contributed by atoms with Gasteiger partial charge >= 0.3 is 0 Å². The highest BCUT2D eigenvalue weighted by Gasteiger charge is 2.31. The van der Waals surface area contributed by atoms with Crippen LogP contribution in [-0.4, -0.2) is 39.3 Å². The number of hydrogen-bond acceptors (Lipinski definition) is 5. The van der Waals surface area contributed by atoms with Gasteiger partial charge in [0.1, 0.15) is 5.82 Å². The molecule has 0 aliphatic heterocycles. The lowest BCUT2D eigenvalue weighted by Crippen LogP contribution is -2.28. The molecule has 0 atom stereocenters. The Morgan fingerprint density at radius 1 is 1.04 bits per heavy atom. The molecule has 5 nitrogen and oxygen atoms in total. The number of fused-ring (bicyclic) bond motifs is 1. The maximum atomic E-state index is 9.12. The lowest BCUT2D eigenvalue weighted by atomic mass is 10.2. The number of aliphatic hydroxyl groups is 1. The van der Waals surface area contributed by atoms with Crippen molar-refractivity contribution in [3.63, 3.8) is 0 Å². The molecular formula is C20H22N4O. The van der Waals surface area contributed by atoms with E-state index in [1.165, 1.54) is 12.8 Å². The monoisotopic (exact) mass is 334 g/mol. The van der Waals surface area contributed by atoms with Crippen molar-refractivity contribution in [2.45, 2.75) is 31.7 Å². The number of aliphatic hydroxyl groups excluding tert-OH is 1. The Balaban J connectivity index is 1.80. The number of pyridine rings is 1. The molecule has 1 aliphatic rings. The van der Waals surface area contributed by atoms with Crippen molar-refractivity contribution in [3.05, 3.63) is 48.8 Å². The van der Waals surface area contributed by atoms with Crippen LogP contribution in [0.4, 0.5) is 5.82 Å². The number of unbranched alkanes of at least 4 members (excludes halogenated alkanes) is 1. The van der Waals surface area contributed by atoms with Crippen LogP contribution in [0.15, 0.2) is 48.8 Å². The zero-order valence-corrected chi connectivity index (χ0v) is 14.2. The van der Waals surface area contributed by atoms with Crippen molar-refractivity contribution in [2.75, 3.05) is 18.1 Å². The average molecular weight is 334 g/mol. The summed E-state index contributed by atoms with van der Waals surface area (Å²) in [5, 5.41) is 10.2. The quantitative estimate of drug-likeness (QED) is 0.671. The van der Waals surface area contributed by atoms with Gasteiger partial charge in [-0.3, -0.25) is 4.98 Å². The van der Waals surface area contributed by atoms with E-state index in [9.17, 15) is 0 Å². The summed E-state index contributed by atoms with van der Waals surface area (Å²) in [4.78, 5) is 16.3. The summed E-state index contributed by atoms with van der Waals surface area (Å²) in [6.07, 6.45) is 7.77. The Hall–Kier alpha value is -2.53. The van der Waals surface area contributed by atoms with E-state index in [-0.39, 0.29) is 6.61 Å². The van der Waals surface area contributed by atoms with Crippen LogP contribution in [0.5, 0.6) is 0 Å². The molecule has 128 valence electrons. The van der Waals surface area contributed by atoms with Crippen molar-refractivity contribution in [2.24, 2.45) is 0 Å². The SMILES string of the molecule is OCCCCN(c1nc(-c2cccnc2)nc2ccccc12)C1CC1. The Bertz CT molecular complexity index is 849. The van der Waals surface area contributed by atoms with Crippen LogP contribution in [0.2, 0.25) is 0 Å². The van der Waals surface area contributed by atoms with E-state index < -0.39 is 0 Å². The largest absolute Gasteiger partial charge is 0.396 e. The number of anilines is 1. The van der Waals surface area contributed by atoms with E-state index in [0.29, 0.717) is 6.04 Å². The fraction of sp³-hybridized carbons (Fsp3) is 0.350. The smallest absolute Gasteiger partial charge is 0.163 e. The van der Waals surface area contributed by atoms with E-state index in [4.69, 9.17) is 15.1 Å². The van der Waals surface area contributed by atoms with E-state index in [1.54, 1.807) is 12.4 Å². The second-order valence-electron chi connectivity index (χ2n) is 6.48. The van der Waals surface area contributed by atoms with E-state index in [0.717, 1.165) is 47.5 Å². The molecule has 2 aromatic heterocycles. The Morgan fingerprint density at radius 2 is 1.92 bits per heavy atom. The number of para-hydroxylation sites is 1. The molecule has 0 radical (unpaired) electrons. The summed E-state index contributed by atoms with van der Waals surface area (Å²) < 4.78 is 0. The highest BCUT2D eigenvalue weighted by molar-refractivity contribution is 5.91. The van der Waals surface area contributed by atoms with E-state index in [2.05, 4.69) is 16.0 Å². The summed E-state index contributed by atoms with van der Waals surface area (Å²) in [6, 6.07) is 12.6. The molecule has 4 rings (SSSR count). The highest BCUT2D eigenvalue weighted by Crippen LogP contribution is 2.35. The molecule has 1 fully saturated rings. The lowest BCUT2D eigenvalue weighted by molar-refractivity contribution is 0.285. The molecule has 25 heavy (non-hydrogen) atoms. The maximum Gasteiger partial charge on any atom is 0.163 e. The molecule has 0 saturated heterocycles. The van der Waals surface area contributed by atoms with Gasteiger partial charge in [0.05, 0.1) is 5.52 Å². The fourth-order valence-corrected chi connectivity index (χ4v) is 3.14. The van der Waals surface area contributed by atoms with Gasteiger partial charge in [-0.05, 0) is 49.9 Å². The van der Waals surface area contributed by atoms with Crippen LogP contribution >= 0.6 is 0 Å². The van der Waals surface area contributed by atoms with Crippen LogP contribution in [0.25, 0.3) is 22.3 Å². The van der Waals surface area contributed by atoms with Gasteiger partial charge in [-0.25, -0.2) is 9.97 Å². The van der Waals surface area contributed by atoms with Gasteiger partial charge in [0.2, 0.25) is 0 Å². The first-order valence-electron chi connectivity index (χ1n) is 8.91. The molecule has 5 heteroatoms. The number of nitrogens with zero attached hydrogens (tertiary/aromatic N) is 4. The predicted molar refractivity (Wildman–Crippen MR) is 99.5 cm³/mol. The second kappa shape index (κ2) is 7.15. The molecular weight excluding hydrogens is 312 g/mol. The lowest BCUT2D eigenvalue weighted by Gasteiger charge is -2.25. The first-order chi connectivity index (χ1) is 12.4. The molecule has 0 unspecified atom stereocenters. The molecule has 2 heterocycles. The zero-order valence-electron chi connectivity index (χ0n) is 14.2. The number of hydrogen-bond donors (Lipinski definition) is 1. The minimum absolute atomic E-state index is 0.240. The third-order valence-electron chi connectivity index (χ3n) is 4.57. The minimum Gasteiger partial charge on any atom is -0.396 e. The van der Waals surface area contributed by atoms with Gasteiger partial charge in [0.25, 0.3) is 0 Å². The van der Waals surface area contributed by atoms with Gasteiger partial charge < -0.3 is 10.0 Å².